The molecule has 0 aliphatic rings. The Morgan fingerprint density at radius 2 is 1.00 bits per heavy atom. The Hall–Kier alpha value is -3.27. The Morgan fingerprint density at radius 1 is 0.643 bits per heavy atom. The van der Waals surface area contributed by atoms with Gasteiger partial charge in [0.1, 0.15) is 11.5 Å². The van der Waals surface area contributed by atoms with Gasteiger partial charge in [0.15, 0.2) is 0 Å². The summed E-state index contributed by atoms with van der Waals surface area (Å²) in [5.41, 5.74) is 6.06. The summed E-state index contributed by atoms with van der Waals surface area (Å²) in [6.45, 7) is 26.2. The molecule has 0 aromatic heterocycles. The first-order valence-electron chi connectivity index (χ1n) is 15.0. The molecule has 0 fully saturated rings. The summed E-state index contributed by atoms with van der Waals surface area (Å²) in [5, 5.41) is 32.8. The van der Waals surface area contributed by atoms with Gasteiger partial charge in [-0.05, 0) is 88.3 Å². The van der Waals surface area contributed by atoms with Crippen molar-refractivity contribution in [1.29, 1.82) is 0 Å². The van der Waals surface area contributed by atoms with Gasteiger partial charge in [-0.25, -0.2) is 4.79 Å². The van der Waals surface area contributed by atoms with Gasteiger partial charge in [0.2, 0.25) is 0 Å². The second kappa shape index (κ2) is 11.4. The topological polar surface area (TPSA) is 77.8 Å². The van der Waals surface area contributed by atoms with Gasteiger partial charge in [0, 0.05) is 17.0 Å². The molecule has 228 valence electrons. The molecule has 0 saturated carbocycles. The summed E-state index contributed by atoms with van der Waals surface area (Å²) in [7, 11) is 0. The number of carbonyl (C=O) groups is 1. The van der Waals surface area contributed by atoms with E-state index in [-0.39, 0.29) is 38.7 Å². The van der Waals surface area contributed by atoms with Gasteiger partial charge in [0.25, 0.3) is 0 Å². The second-order valence-electron chi connectivity index (χ2n) is 16.1. The van der Waals surface area contributed by atoms with Gasteiger partial charge in [-0.2, -0.15) is 0 Å². The summed E-state index contributed by atoms with van der Waals surface area (Å²) < 4.78 is 0. The Morgan fingerprint density at radius 3 is 1.31 bits per heavy atom. The molecule has 0 atom stereocenters. The molecule has 3 N–H and O–H groups in total. The van der Waals surface area contributed by atoms with Gasteiger partial charge < -0.3 is 15.3 Å². The van der Waals surface area contributed by atoms with Crippen molar-refractivity contribution in [3.8, 4) is 11.5 Å². The molecule has 0 spiro atoms. The fraction of sp³-hybridized carbons (Fsp3) is 0.500. The minimum atomic E-state index is -0.993. The molecular formula is C38H52O4. The maximum Gasteiger partial charge on any atom is 0.335 e. The molecule has 4 heteroatoms. The van der Waals surface area contributed by atoms with E-state index in [1.54, 1.807) is 24.3 Å². The lowest BCUT2D eigenvalue weighted by Gasteiger charge is -2.35. The first-order chi connectivity index (χ1) is 19.0. The first-order valence-corrected chi connectivity index (χ1v) is 15.0. The van der Waals surface area contributed by atoms with Gasteiger partial charge in [-0.15, -0.1) is 0 Å². The third-order valence-electron chi connectivity index (χ3n) is 8.28. The summed E-state index contributed by atoms with van der Waals surface area (Å²) >= 11 is 0. The minimum absolute atomic E-state index is 0.101. The van der Waals surface area contributed by atoms with E-state index in [1.807, 2.05) is 13.8 Å². The maximum atomic E-state index is 11.7. The van der Waals surface area contributed by atoms with Crippen LogP contribution in [0.25, 0.3) is 0 Å². The zero-order chi connectivity index (χ0) is 32.0. The highest BCUT2D eigenvalue weighted by atomic mass is 16.4. The molecule has 42 heavy (non-hydrogen) atoms. The fourth-order valence-electron chi connectivity index (χ4n) is 7.04. The number of hydrogen-bond acceptors (Lipinski definition) is 3. The lowest BCUT2D eigenvalue weighted by atomic mass is 9.69. The third kappa shape index (κ3) is 7.56. The van der Waals surface area contributed by atoms with Gasteiger partial charge >= 0.3 is 5.97 Å². The third-order valence-corrected chi connectivity index (χ3v) is 8.28. The van der Waals surface area contributed by atoms with Crippen molar-refractivity contribution in [2.45, 2.75) is 113 Å². The number of rotatable bonds is 8. The summed E-state index contributed by atoms with van der Waals surface area (Å²) in [6.07, 6.45) is 1.89. The molecule has 0 saturated heterocycles. The van der Waals surface area contributed by atoms with Crippen molar-refractivity contribution in [3.63, 3.8) is 0 Å². The number of carboxylic acid groups (broad SMARTS) is 1. The van der Waals surface area contributed by atoms with Crippen LogP contribution in [-0.2, 0) is 10.8 Å². The van der Waals surface area contributed by atoms with Crippen LogP contribution in [0.3, 0.4) is 0 Å². The minimum Gasteiger partial charge on any atom is -0.507 e. The highest BCUT2D eigenvalue weighted by molar-refractivity contribution is 5.87. The van der Waals surface area contributed by atoms with E-state index in [0.29, 0.717) is 11.1 Å². The van der Waals surface area contributed by atoms with Gasteiger partial charge in [-0.3, -0.25) is 0 Å². The lowest BCUT2D eigenvalue weighted by Crippen LogP contribution is -2.26. The summed E-state index contributed by atoms with van der Waals surface area (Å²) in [6, 6.07) is 15.1. The summed E-state index contributed by atoms with van der Waals surface area (Å²) in [5.74, 6) is -1.13. The first kappa shape index (κ1) is 33.2. The highest BCUT2D eigenvalue weighted by Gasteiger charge is 2.33. The molecular weight excluding hydrogens is 520 g/mol. The average Bonchev–Trinajstić information content (AvgIpc) is 2.81. The molecule has 0 aliphatic carbocycles. The molecule has 3 rings (SSSR count). The van der Waals surface area contributed by atoms with E-state index in [4.69, 9.17) is 0 Å². The van der Waals surface area contributed by atoms with E-state index in [2.05, 4.69) is 93.5 Å². The van der Waals surface area contributed by atoms with Crippen molar-refractivity contribution in [3.05, 3.63) is 93.0 Å². The molecule has 0 amide bonds. The largest absolute Gasteiger partial charge is 0.507 e. The maximum absolute atomic E-state index is 11.7. The van der Waals surface area contributed by atoms with Crippen LogP contribution in [0.4, 0.5) is 0 Å². The van der Waals surface area contributed by atoms with Crippen molar-refractivity contribution < 1.29 is 20.1 Å². The van der Waals surface area contributed by atoms with Crippen LogP contribution in [0, 0.1) is 24.7 Å². The molecule has 0 heterocycles. The van der Waals surface area contributed by atoms with Crippen LogP contribution in [-0.4, -0.2) is 21.3 Å². The van der Waals surface area contributed by atoms with E-state index in [9.17, 15) is 20.1 Å². The Kier molecular flexibility index (Phi) is 9.05. The SMILES string of the molecule is Cc1cc(C(C)(C)CC(C)(C)C)cc(C(c2ccc(C(=O)O)cc2)c2cc(C(C)(C)CC(C)(C)C)cc(C)c2O)c1O. The average molecular weight is 573 g/mol. The van der Waals surface area contributed by atoms with Crippen LogP contribution >= 0.6 is 0 Å². The van der Waals surface area contributed by atoms with Crippen LogP contribution in [0.1, 0.15) is 137 Å². The number of carboxylic acids is 1. The number of aryl methyl sites for hydroxylation is 2. The molecule has 0 unspecified atom stereocenters. The Labute approximate surface area is 253 Å². The smallest absolute Gasteiger partial charge is 0.335 e. The molecule has 3 aromatic rings. The standard InChI is InChI=1S/C38H52O4/c1-23-17-27(37(9,10)21-35(3,4)5)19-29(32(23)39)31(25-13-15-26(16-14-25)34(41)42)30-20-28(18-24(2)33(30)40)38(11,12)22-36(6,7)8/h13-20,31,39-40H,21-22H2,1-12H3,(H,41,42). The van der Waals surface area contributed by atoms with Crippen molar-refractivity contribution in [2.75, 3.05) is 0 Å². The van der Waals surface area contributed by atoms with E-state index >= 15 is 0 Å². The number of aromatic hydroxyl groups is 2. The predicted octanol–water partition coefficient (Wildman–Crippen LogP) is 10.0. The number of aromatic carboxylic acids is 1. The monoisotopic (exact) mass is 572 g/mol. The van der Waals surface area contributed by atoms with Crippen LogP contribution < -0.4 is 0 Å². The quantitative estimate of drug-likeness (QED) is 0.235. The van der Waals surface area contributed by atoms with Gasteiger partial charge in [-0.1, -0.05) is 106 Å². The number of benzene rings is 3. The Balaban J connectivity index is 2.39. The van der Waals surface area contributed by atoms with E-state index < -0.39 is 11.9 Å². The van der Waals surface area contributed by atoms with Gasteiger partial charge in [0.05, 0.1) is 5.56 Å². The van der Waals surface area contributed by atoms with Crippen LogP contribution in [0.5, 0.6) is 11.5 Å². The zero-order valence-corrected chi connectivity index (χ0v) is 27.9. The van der Waals surface area contributed by atoms with Crippen LogP contribution in [0.2, 0.25) is 0 Å². The Bertz CT molecular complexity index is 1360. The molecule has 0 radical (unpaired) electrons. The van der Waals surface area contributed by atoms with Crippen molar-refractivity contribution in [1.82, 2.24) is 0 Å². The number of phenolic OH excluding ortho intramolecular Hbond substituents is 2. The molecule has 0 aliphatic heterocycles. The van der Waals surface area contributed by atoms with Crippen molar-refractivity contribution in [2.24, 2.45) is 10.8 Å². The number of phenols is 2. The highest BCUT2D eigenvalue weighted by Crippen LogP contribution is 2.47. The zero-order valence-electron chi connectivity index (χ0n) is 27.9. The predicted molar refractivity (Wildman–Crippen MR) is 174 cm³/mol. The second-order valence-corrected chi connectivity index (χ2v) is 16.1. The molecule has 4 nitrogen and oxygen atoms in total. The molecule has 0 bridgehead atoms. The molecule has 3 aromatic carbocycles. The normalized spacial score (nSPS) is 13.1. The fourth-order valence-corrected chi connectivity index (χ4v) is 7.04. The number of hydrogen-bond donors (Lipinski definition) is 3. The van der Waals surface area contributed by atoms with Crippen molar-refractivity contribution >= 4 is 5.97 Å². The van der Waals surface area contributed by atoms with Crippen LogP contribution in [0.15, 0.2) is 48.5 Å². The lowest BCUT2D eigenvalue weighted by molar-refractivity contribution is 0.0696. The van der Waals surface area contributed by atoms with E-state index in [1.165, 1.54) is 0 Å². The van der Waals surface area contributed by atoms with E-state index in [0.717, 1.165) is 40.7 Å². The summed E-state index contributed by atoms with van der Waals surface area (Å²) in [4.78, 5) is 11.7.